The molecule has 74 valence electrons. The van der Waals surface area contributed by atoms with Crippen LogP contribution >= 0.6 is 0 Å². The predicted octanol–water partition coefficient (Wildman–Crippen LogP) is 1.71. The highest BCUT2D eigenvalue weighted by Gasteiger charge is 2.09. The molecule has 0 saturated heterocycles. The van der Waals surface area contributed by atoms with E-state index in [2.05, 4.69) is 0 Å². The molecule has 3 nitrogen and oxygen atoms in total. The topological polar surface area (TPSA) is 53.2 Å². The minimum atomic E-state index is -0.509. The van der Waals surface area contributed by atoms with Gasteiger partial charge in [-0.1, -0.05) is 0 Å². The Morgan fingerprint density at radius 3 is 2.29 bits per heavy atom. The van der Waals surface area contributed by atoms with Crippen LogP contribution in [0.1, 0.15) is 19.4 Å². The number of rotatable bonds is 3. The number of ether oxygens (including phenoxy) is 1. The van der Waals surface area contributed by atoms with E-state index in [1.807, 2.05) is 6.07 Å². The molecule has 0 heterocycles. The minimum Gasteiger partial charge on any atom is -0.488 e. The summed E-state index contributed by atoms with van der Waals surface area (Å²) in [6.45, 7) is 3.47. The van der Waals surface area contributed by atoms with E-state index in [4.69, 9.17) is 10.00 Å². The summed E-state index contributed by atoms with van der Waals surface area (Å²) in [6, 6.07) is 8.83. The quantitative estimate of drug-likeness (QED) is 0.791. The summed E-state index contributed by atoms with van der Waals surface area (Å²) < 4.78 is 5.42. The van der Waals surface area contributed by atoms with E-state index in [9.17, 15) is 5.11 Å². The van der Waals surface area contributed by atoms with E-state index >= 15 is 0 Å². The van der Waals surface area contributed by atoms with Crippen LogP contribution in [-0.2, 0) is 0 Å². The standard InChI is InChI=1S/C11H13NO2/c1-8(13)9(2)14-11-5-3-10(7-12)4-6-11/h3-6,8-9,13H,1-2H3. The zero-order valence-corrected chi connectivity index (χ0v) is 8.27. The first-order valence-electron chi connectivity index (χ1n) is 4.48. The molecule has 1 aromatic carbocycles. The Hall–Kier alpha value is -1.53. The van der Waals surface area contributed by atoms with Crippen LogP contribution in [0.3, 0.4) is 0 Å². The van der Waals surface area contributed by atoms with Crippen molar-refractivity contribution in [3.05, 3.63) is 29.8 Å². The molecule has 0 fully saturated rings. The van der Waals surface area contributed by atoms with Gasteiger partial charge in [-0.25, -0.2) is 0 Å². The summed E-state index contributed by atoms with van der Waals surface area (Å²) in [7, 11) is 0. The van der Waals surface area contributed by atoms with Gasteiger partial charge in [0.15, 0.2) is 0 Å². The molecular formula is C11H13NO2. The SMILES string of the molecule is CC(O)C(C)Oc1ccc(C#N)cc1. The summed E-state index contributed by atoms with van der Waals surface area (Å²) in [6.07, 6.45) is -0.756. The highest BCUT2D eigenvalue weighted by atomic mass is 16.5. The lowest BCUT2D eigenvalue weighted by atomic mass is 10.2. The van der Waals surface area contributed by atoms with Crippen LogP contribution < -0.4 is 4.74 Å². The van der Waals surface area contributed by atoms with Crippen molar-refractivity contribution in [3.8, 4) is 11.8 Å². The molecule has 0 amide bonds. The van der Waals surface area contributed by atoms with Crippen LogP contribution in [0, 0.1) is 11.3 Å². The molecule has 0 aliphatic rings. The van der Waals surface area contributed by atoms with Crippen molar-refractivity contribution >= 4 is 0 Å². The molecule has 0 aromatic heterocycles. The van der Waals surface area contributed by atoms with Crippen molar-refractivity contribution in [1.29, 1.82) is 5.26 Å². The van der Waals surface area contributed by atoms with E-state index in [-0.39, 0.29) is 6.10 Å². The van der Waals surface area contributed by atoms with Gasteiger partial charge in [-0.05, 0) is 38.1 Å². The molecule has 1 aromatic rings. The third kappa shape index (κ3) is 2.75. The molecule has 2 unspecified atom stereocenters. The minimum absolute atomic E-state index is 0.247. The lowest BCUT2D eigenvalue weighted by Crippen LogP contribution is -2.25. The maximum Gasteiger partial charge on any atom is 0.121 e. The van der Waals surface area contributed by atoms with E-state index < -0.39 is 6.10 Å². The maximum atomic E-state index is 9.21. The fourth-order valence-corrected chi connectivity index (χ4v) is 0.921. The fourth-order valence-electron chi connectivity index (χ4n) is 0.921. The third-order valence-corrected chi connectivity index (χ3v) is 1.98. The first kappa shape index (κ1) is 10.6. The van der Waals surface area contributed by atoms with Gasteiger partial charge in [-0.2, -0.15) is 5.26 Å². The van der Waals surface area contributed by atoms with Crippen molar-refractivity contribution in [1.82, 2.24) is 0 Å². The molecule has 1 rings (SSSR count). The predicted molar refractivity (Wildman–Crippen MR) is 52.9 cm³/mol. The van der Waals surface area contributed by atoms with Crippen molar-refractivity contribution < 1.29 is 9.84 Å². The van der Waals surface area contributed by atoms with Crippen LogP contribution in [0.25, 0.3) is 0 Å². The second kappa shape index (κ2) is 4.64. The first-order chi connectivity index (χ1) is 6.63. The van der Waals surface area contributed by atoms with E-state index in [1.54, 1.807) is 38.1 Å². The van der Waals surface area contributed by atoms with Gasteiger partial charge in [-0.15, -0.1) is 0 Å². The van der Waals surface area contributed by atoms with E-state index in [1.165, 1.54) is 0 Å². The molecule has 0 aliphatic heterocycles. The summed E-state index contributed by atoms with van der Waals surface area (Å²) in [5, 5.41) is 17.8. The number of nitriles is 1. The highest BCUT2D eigenvalue weighted by Crippen LogP contribution is 2.14. The molecule has 0 saturated carbocycles. The molecule has 3 heteroatoms. The number of nitrogens with zero attached hydrogens (tertiary/aromatic N) is 1. The van der Waals surface area contributed by atoms with Crippen LogP contribution in [0.5, 0.6) is 5.75 Å². The Bertz CT molecular complexity index is 324. The smallest absolute Gasteiger partial charge is 0.121 e. The maximum absolute atomic E-state index is 9.21. The van der Waals surface area contributed by atoms with Crippen molar-refractivity contribution in [2.24, 2.45) is 0 Å². The number of aliphatic hydroxyl groups excluding tert-OH is 1. The van der Waals surface area contributed by atoms with Gasteiger partial charge in [0.1, 0.15) is 11.9 Å². The molecule has 0 spiro atoms. The molecule has 14 heavy (non-hydrogen) atoms. The summed E-state index contributed by atoms with van der Waals surface area (Å²) >= 11 is 0. The van der Waals surface area contributed by atoms with Gasteiger partial charge in [0.25, 0.3) is 0 Å². The van der Waals surface area contributed by atoms with E-state index in [0.717, 1.165) is 0 Å². The lowest BCUT2D eigenvalue weighted by molar-refractivity contribution is 0.0604. The van der Waals surface area contributed by atoms with Gasteiger partial charge in [-0.3, -0.25) is 0 Å². The largest absolute Gasteiger partial charge is 0.488 e. The van der Waals surface area contributed by atoms with Crippen LogP contribution in [0.4, 0.5) is 0 Å². The zero-order valence-electron chi connectivity index (χ0n) is 8.27. The Morgan fingerprint density at radius 1 is 1.29 bits per heavy atom. The Morgan fingerprint density at radius 2 is 1.86 bits per heavy atom. The number of hydrogen-bond donors (Lipinski definition) is 1. The average molecular weight is 191 g/mol. The lowest BCUT2D eigenvalue weighted by Gasteiger charge is -2.16. The second-order valence-corrected chi connectivity index (χ2v) is 3.20. The van der Waals surface area contributed by atoms with E-state index in [0.29, 0.717) is 11.3 Å². The monoisotopic (exact) mass is 191 g/mol. The van der Waals surface area contributed by atoms with Gasteiger partial charge in [0, 0.05) is 0 Å². The second-order valence-electron chi connectivity index (χ2n) is 3.20. The first-order valence-corrected chi connectivity index (χ1v) is 4.48. The Labute approximate surface area is 83.6 Å². The van der Waals surface area contributed by atoms with Gasteiger partial charge >= 0.3 is 0 Å². The third-order valence-electron chi connectivity index (χ3n) is 1.98. The molecule has 0 bridgehead atoms. The van der Waals surface area contributed by atoms with Gasteiger partial charge in [0.05, 0.1) is 17.7 Å². The summed E-state index contributed by atoms with van der Waals surface area (Å²) in [5.74, 6) is 0.664. The number of aliphatic hydroxyl groups is 1. The average Bonchev–Trinajstić information content (AvgIpc) is 2.19. The van der Waals surface area contributed by atoms with Crippen molar-refractivity contribution in [2.45, 2.75) is 26.1 Å². The van der Waals surface area contributed by atoms with Crippen molar-refractivity contribution in [2.75, 3.05) is 0 Å². The van der Waals surface area contributed by atoms with Crippen LogP contribution in [0.15, 0.2) is 24.3 Å². The van der Waals surface area contributed by atoms with Gasteiger partial charge < -0.3 is 9.84 Å². The molecular weight excluding hydrogens is 178 g/mol. The number of benzene rings is 1. The van der Waals surface area contributed by atoms with Gasteiger partial charge in [0.2, 0.25) is 0 Å². The van der Waals surface area contributed by atoms with Crippen LogP contribution in [-0.4, -0.2) is 17.3 Å². The van der Waals surface area contributed by atoms with Crippen molar-refractivity contribution in [3.63, 3.8) is 0 Å². The summed E-state index contributed by atoms with van der Waals surface area (Å²) in [4.78, 5) is 0. The normalized spacial score (nSPS) is 14.1. The van der Waals surface area contributed by atoms with Crippen LogP contribution in [0.2, 0.25) is 0 Å². The summed E-state index contributed by atoms with van der Waals surface area (Å²) in [5.41, 5.74) is 0.599. The Kier molecular flexibility index (Phi) is 3.49. The molecule has 0 aliphatic carbocycles. The fraction of sp³-hybridized carbons (Fsp3) is 0.364. The number of hydrogen-bond acceptors (Lipinski definition) is 3. The molecule has 2 atom stereocenters. The molecule has 1 N–H and O–H groups in total. The highest BCUT2D eigenvalue weighted by molar-refractivity contribution is 5.34. The Balaban J connectivity index is 2.65. The molecule has 0 radical (unpaired) electrons. The zero-order chi connectivity index (χ0) is 10.6.